The van der Waals surface area contributed by atoms with Gasteiger partial charge in [-0.25, -0.2) is 0 Å². The van der Waals surface area contributed by atoms with E-state index in [9.17, 15) is 9.90 Å². The first kappa shape index (κ1) is 8.92. The fourth-order valence-electron chi connectivity index (χ4n) is 2.99. The number of carboxylic acid groups (broad SMARTS) is 1. The van der Waals surface area contributed by atoms with Gasteiger partial charge in [0.2, 0.25) is 0 Å². The lowest BCUT2D eigenvalue weighted by Gasteiger charge is -2.18. The predicted molar refractivity (Wildman–Crippen MR) is 53.6 cm³/mol. The lowest BCUT2D eigenvalue weighted by atomic mass is 9.97. The molecule has 0 spiro atoms. The van der Waals surface area contributed by atoms with Gasteiger partial charge in [0.15, 0.2) is 0 Å². The molecule has 2 aliphatic rings. The van der Waals surface area contributed by atoms with Crippen LogP contribution in [-0.2, 0) is 9.53 Å². The monoisotopic (exact) mass is 204 g/mol. The lowest BCUT2D eigenvalue weighted by Crippen LogP contribution is -2.23. The van der Waals surface area contributed by atoms with Crippen molar-refractivity contribution in [2.45, 2.75) is 18.4 Å². The molecule has 1 N–H and O–H groups in total. The highest BCUT2D eigenvalue weighted by Gasteiger charge is 2.71. The Bertz CT molecular complexity index is 440. The zero-order valence-electron chi connectivity index (χ0n) is 8.43. The third-order valence-electron chi connectivity index (χ3n) is 3.76. The molecule has 15 heavy (non-hydrogen) atoms. The van der Waals surface area contributed by atoms with E-state index in [1.165, 1.54) is 0 Å². The van der Waals surface area contributed by atoms with Gasteiger partial charge in [0.25, 0.3) is 0 Å². The number of carboxylic acids is 1. The van der Waals surface area contributed by atoms with Gasteiger partial charge in [0, 0.05) is 13.0 Å². The zero-order chi connectivity index (χ0) is 10.6. The highest BCUT2D eigenvalue weighted by molar-refractivity contribution is 5.84. The van der Waals surface area contributed by atoms with E-state index >= 15 is 0 Å². The molecule has 78 valence electrons. The second-order valence-corrected chi connectivity index (χ2v) is 4.35. The number of hydrogen-bond donors (Lipinski definition) is 1. The molecular weight excluding hydrogens is 192 g/mol. The van der Waals surface area contributed by atoms with Gasteiger partial charge in [-0.3, -0.25) is 4.79 Å². The third-order valence-corrected chi connectivity index (χ3v) is 3.76. The van der Waals surface area contributed by atoms with Gasteiger partial charge in [-0.2, -0.15) is 0 Å². The van der Waals surface area contributed by atoms with E-state index in [1.807, 2.05) is 24.3 Å². The van der Waals surface area contributed by atoms with E-state index in [0.29, 0.717) is 0 Å². The fraction of sp³-hybridized carbons (Fsp3) is 0.417. The molecule has 0 radical (unpaired) electrons. The van der Waals surface area contributed by atoms with Gasteiger partial charge in [-0.15, -0.1) is 0 Å². The number of ether oxygens (including phenoxy) is 1. The standard InChI is InChI=1S/C12H12O3/c1-15-10-8-5-3-2-4-7(8)9-6-12(9,10)11(13)14/h2-5,9-10H,6H2,1H3,(H,13,14). The van der Waals surface area contributed by atoms with Crippen LogP contribution in [0.2, 0.25) is 0 Å². The largest absolute Gasteiger partial charge is 0.481 e. The molecule has 1 fully saturated rings. The molecule has 0 heterocycles. The zero-order valence-corrected chi connectivity index (χ0v) is 8.43. The molecule has 1 saturated carbocycles. The molecule has 1 aromatic carbocycles. The predicted octanol–water partition coefficient (Wildman–Crippen LogP) is 1.95. The molecule has 0 bridgehead atoms. The van der Waals surface area contributed by atoms with Gasteiger partial charge < -0.3 is 9.84 Å². The van der Waals surface area contributed by atoms with Crippen molar-refractivity contribution in [2.24, 2.45) is 5.41 Å². The van der Waals surface area contributed by atoms with Crippen LogP contribution >= 0.6 is 0 Å². The normalized spacial score (nSPS) is 35.8. The van der Waals surface area contributed by atoms with E-state index in [4.69, 9.17) is 4.74 Å². The number of fused-ring (bicyclic) bond motifs is 3. The van der Waals surface area contributed by atoms with Crippen molar-refractivity contribution in [3.8, 4) is 0 Å². The second kappa shape index (κ2) is 2.61. The van der Waals surface area contributed by atoms with Crippen molar-refractivity contribution in [3.05, 3.63) is 35.4 Å². The van der Waals surface area contributed by atoms with Crippen LogP contribution in [0, 0.1) is 5.41 Å². The van der Waals surface area contributed by atoms with Crippen LogP contribution in [-0.4, -0.2) is 18.2 Å². The SMILES string of the molecule is COC1c2ccccc2C2CC21C(=O)O. The Morgan fingerprint density at radius 1 is 1.47 bits per heavy atom. The number of hydrogen-bond acceptors (Lipinski definition) is 2. The van der Waals surface area contributed by atoms with Crippen molar-refractivity contribution in [1.82, 2.24) is 0 Å². The molecule has 0 amide bonds. The Balaban J connectivity index is 2.14. The van der Waals surface area contributed by atoms with Crippen molar-refractivity contribution in [2.75, 3.05) is 7.11 Å². The average molecular weight is 204 g/mol. The van der Waals surface area contributed by atoms with Gasteiger partial charge in [-0.05, 0) is 17.5 Å². The number of rotatable bonds is 2. The van der Waals surface area contributed by atoms with E-state index in [-0.39, 0.29) is 12.0 Å². The molecule has 0 aliphatic heterocycles. The first-order valence-corrected chi connectivity index (χ1v) is 5.07. The van der Waals surface area contributed by atoms with E-state index in [0.717, 1.165) is 17.5 Å². The number of benzene rings is 1. The Kier molecular flexibility index (Phi) is 1.55. The molecule has 1 aromatic rings. The van der Waals surface area contributed by atoms with Crippen molar-refractivity contribution >= 4 is 5.97 Å². The summed E-state index contributed by atoms with van der Waals surface area (Å²) < 4.78 is 5.38. The Labute approximate surface area is 87.7 Å². The number of methoxy groups -OCH3 is 1. The summed E-state index contributed by atoms with van der Waals surface area (Å²) in [5.41, 5.74) is 1.55. The van der Waals surface area contributed by atoms with Crippen LogP contribution in [0.4, 0.5) is 0 Å². The Morgan fingerprint density at radius 2 is 2.13 bits per heavy atom. The molecule has 2 aliphatic carbocycles. The topological polar surface area (TPSA) is 46.5 Å². The second-order valence-electron chi connectivity index (χ2n) is 4.35. The van der Waals surface area contributed by atoms with Crippen LogP contribution in [0.3, 0.4) is 0 Å². The highest BCUT2D eigenvalue weighted by Crippen LogP contribution is 2.72. The molecule has 3 nitrogen and oxygen atoms in total. The van der Waals surface area contributed by atoms with Gasteiger partial charge >= 0.3 is 5.97 Å². The number of carbonyl (C=O) groups is 1. The fourth-order valence-corrected chi connectivity index (χ4v) is 2.99. The van der Waals surface area contributed by atoms with Crippen LogP contribution < -0.4 is 0 Å². The summed E-state index contributed by atoms with van der Waals surface area (Å²) in [6.07, 6.45) is 0.453. The Hall–Kier alpha value is -1.35. The van der Waals surface area contributed by atoms with Gasteiger partial charge in [0.1, 0.15) is 5.41 Å². The van der Waals surface area contributed by atoms with Gasteiger partial charge in [0.05, 0.1) is 6.10 Å². The first-order chi connectivity index (χ1) is 7.21. The van der Waals surface area contributed by atoms with Gasteiger partial charge in [-0.1, -0.05) is 24.3 Å². The van der Waals surface area contributed by atoms with Crippen molar-refractivity contribution in [1.29, 1.82) is 0 Å². The molecule has 3 unspecified atom stereocenters. The van der Waals surface area contributed by atoms with Crippen LogP contribution in [0.15, 0.2) is 24.3 Å². The summed E-state index contributed by atoms with van der Waals surface area (Å²) in [6.45, 7) is 0. The molecule has 3 rings (SSSR count). The minimum Gasteiger partial charge on any atom is -0.481 e. The maximum atomic E-state index is 11.3. The summed E-state index contributed by atoms with van der Waals surface area (Å²) in [7, 11) is 1.59. The molecule has 3 heteroatoms. The van der Waals surface area contributed by atoms with E-state index in [2.05, 4.69) is 0 Å². The highest BCUT2D eigenvalue weighted by atomic mass is 16.5. The third kappa shape index (κ3) is 0.868. The summed E-state index contributed by atoms with van der Waals surface area (Å²) in [5.74, 6) is -0.563. The molecule has 0 aromatic heterocycles. The van der Waals surface area contributed by atoms with Crippen LogP contribution in [0.25, 0.3) is 0 Å². The summed E-state index contributed by atoms with van der Waals surface area (Å²) >= 11 is 0. The summed E-state index contributed by atoms with van der Waals surface area (Å²) in [5, 5.41) is 9.31. The maximum absolute atomic E-state index is 11.3. The summed E-state index contributed by atoms with van der Waals surface area (Å²) in [4.78, 5) is 11.3. The Morgan fingerprint density at radius 3 is 2.73 bits per heavy atom. The van der Waals surface area contributed by atoms with Crippen molar-refractivity contribution < 1.29 is 14.6 Å². The average Bonchev–Trinajstić information content (AvgIpc) is 2.91. The molecule has 3 atom stereocenters. The minimum atomic E-state index is -0.726. The van der Waals surface area contributed by atoms with Crippen molar-refractivity contribution in [3.63, 3.8) is 0 Å². The first-order valence-electron chi connectivity index (χ1n) is 5.07. The van der Waals surface area contributed by atoms with E-state index in [1.54, 1.807) is 7.11 Å². The smallest absolute Gasteiger partial charge is 0.313 e. The summed E-state index contributed by atoms with van der Waals surface area (Å²) in [6, 6.07) is 7.89. The maximum Gasteiger partial charge on any atom is 0.313 e. The van der Waals surface area contributed by atoms with Crippen LogP contribution in [0.5, 0.6) is 0 Å². The van der Waals surface area contributed by atoms with E-state index < -0.39 is 11.4 Å². The minimum absolute atomic E-state index is 0.163. The van der Waals surface area contributed by atoms with Crippen LogP contribution in [0.1, 0.15) is 29.6 Å². The molecule has 0 saturated heterocycles. The molecular formula is C12H12O3. The number of aliphatic carboxylic acids is 1. The quantitative estimate of drug-likeness (QED) is 0.800. The lowest BCUT2D eigenvalue weighted by molar-refractivity contribution is -0.149.